The van der Waals surface area contributed by atoms with Crippen molar-refractivity contribution in [3.8, 4) is 0 Å². The summed E-state index contributed by atoms with van der Waals surface area (Å²) in [6, 6.07) is 0. The number of hydrogen-bond donors (Lipinski definition) is 0. The number of carbonyl (C=O) groups is 7. The van der Waals surface area contributed by atoms with Gasteiger partial charge >= 0.3 is 41.8 Å². The van der Waals surface area contributed by atoms with Crippen LogP contribution in [0.25, 0.3) is 0 Å². The molecule has 0 amide bonds. The maximum Gasteiger partial charge on any atom is 0.303 e. The zero-order chi connectivity index (χ0) is 34.9. The first-order valence-electron chi connectivity index (χ1n) is 14.0. The summed E-state index contributed by atoms with van der Waals surface area (Å²) < 4.78 is 60.9. The summed E-state index contributed by atoms with van der Waals surface area (Å²) in [5, 5.41) is 0. The Kier molecular flexibility index (Phi) is 13.8. The Morgan fingerprint density at radius 2 is 0.978 bits per heavy atom. The molecule has 0 saturated carbocycles. The molecule has 46 heavy (non-hydrogen) atoms. The van der Waals surface area contributed by atoms with Crippen molar-refractivity contribution in [1.29, 1.82) is 0 Å². The lowest BCUT2D eigenvalue weighted by molar-refractivity contribution is -0.371. The van der Waals surface area contributed by atoms with Crippen LogP contribution in [0.2, 0.25) is 0 Å². The van der Waals surface area contributed by atoms with E-state index in [0.717, 1.165) is 48.5 Å². The molecule has 2 aliphatic rings. The summed E-state index contributed by atoms with van der Waals surface area (Å²) in [7, 11) is 1.22. The van der Waals surface area contributed by atoms with Gasteiger partial charge in [0, 0.05) is 55.6 Å². The fourth-order valence-electron chi connectivity index (χ4n) is 5.00. The molecule has 10 atom stereocenters. The van der Waals surface area contributed by atoms with E-state index in [1.165, 1.54) is 14.0 Å². The molecule has 18 nitrogen and oxygen atoms in total. The second-order valence-corrected chi connectivity index (χ2v) is 10.5. The van der Waals surface area contributed by atoms with Gasteiger partial charge in [0.25, 0.3) is 0 Å². The van der Waals surface area contributed by atoms with Gasteiger partial charge in [0.05, 0.1) is 6.61 Å². The molecule has 0 radical (unpaired) electrons. The van der Waals surface area contributed by atoms with E-state index in [1.807, 2.05) is 0 Å². The maximum atomic E-state index is 12.2. The van der Waals surface area contributed by atoms with Gasteiger partial charge in [-0.05, 0) is 6.92 Å². The van der Waals surface area contributed by atoms with Gasteiger partial charge in [-0.15, -0.1) is 0 Å². The summed E-state index contributed by atoms with van der Waals surface area (Å²) >= 11 is 0. The van der Waals surface area contributed by atoms with Gasteiger partial charge in [0.15, 0.2) is 42.9 Å². The molecule has 2 fully saturated rings. The number of esters is 7. The average molecular weight is 665 g/mol. The number of hydrogen-bond acceptors (Lipinski definition) is 18. The first-order valence-corrected chi connectivity index (χ1v) is 14.0. The fraction of sp³-hybridized carbons (Fsp3) is 0.750. The van der Waals surface area contributed by atoms with Crippen LogP contribution in [0.4, 0.5) is 0 Å². The third-order valence-electron chi connectivity index (χ3n) is 6.50. The highest BCUT2D eigenvalue weighted by Gasteiger charge is 2.60. The SMILES string of the molecule is CO[C@H]1O[C@H](CO[C@@]2(C)O[C@H](COC(C)=O)[C@@H](OC(C)=O)[C@H](OC(C)=O)[C@@H]2OC(C)=O)[C@@H](OC(C)=O)[C@H](OC(C)=O)[C@H]1OC(C)=O. The van der Waals surface area contributed by atoms with Gasteiger partial charge < -0.3 is 52.1 Å². The van der Waals surface area contributed by atoms with Crippen molar-refractivity contribution in [3.63, 3.8) is 0 Å². The highest BCUT2D eigenvalue weighted by atomic mass is 16.8. The Hall–Kier alpha value is -3.87. The Labute approximate surface area is 264 Å². The van der Waals surface area contributed by atoms with Crippen LogP contribution in [0.1, 0.15) is 55.4 Å². The maximum absolute atomic E-state index is 12.2. The summed E-state index contributed by atoms with van der Waals surface area (Å²) in [6.07, 6.45) is -12.9. The summed E-state index contributed by atoms with van der Waals surface area (Å²) in [5.74, 6) is -7.76. The quantitative estimate of drug-likeness (QED) is 0.192. The van der Waals surface area contributed by atoms with E-state index < -0.39 is 116 Å². The third kappa shape index (κ3) is 10.6. The molecule has 2 heterocycles. The Balaban J connectivity index is 2.59. The van der Waals surface area contributed by atoms with Crippen molar-refractivity contribution >= 4 is 41.8 Å². The van der Waals surface area contributed by atoms with Gasteiger partial charge in [-0.2, -0.15) is 0 Å². The summed E-state index contributed by atoms with van der Waals surface area (Å²) in [4.78, 5) is 84.2. The minimum absolute atomic E-state index is 0.517. The number of rotatable bonds is 12. The molecule has 0 unspecified atom stereocenters. The minimum Gasteiger partial charge on any atom is -0.463 e. The van der Waals surface area contributed by atoms with Gasteiger partial charge in [0.1, 0.15) is 18.8 Å². The first kappa shape index (κ1) is 38.3. The second kappa shape index (κ2) is 16.6. The van der Waals surface area contributed by atoms with Gasteiger partial charge in [-0.3, -0.25) is 33.6 Å². The molecule has 2 aliphatic heterocycles. The van der Waals surface area contributed by atoms with Crippen molar-refractivity contribution < 1.29 is 85.7 Å². The van der Waals surface area contributed by atoms with E-state index in [9.17, 15) is 33.6 Å². The monoisotopic (exact) mass is 664 g/mol. The lowest BCUT2D eigenvalue weighted by Crippen LogP contribution is -2.69. The summed E-state index contributed by atoms with van der Waals surface area (Å²) in [6.45, 7) is 7.76. The van der Waals surface area contributed by atoms with Gasteiger partial charge in [-0.25, -0.2) is 0 Å². The molecule has 2 rings (SSSR count). The first-order chi connectivity index (χ1) is 21.4. The van der Waals surface area contributed by atoms with Crippen LogP contribution in [0, 0.1) is 0 Å². The second-order valence-electron chi connectivity index (χ2n) is 10.5. The molecule has 18 heteroatoms. The van der Waals surface area contributed by atoms with Crippen LogP contribution < -0.4 is 0 Å². The lowest BCUT2D eigenvalue weighted by Gasteiger charge is -2.50. The predicted octanol–water partition coefficient (Wildman–Crippen LogP) is -0.357. The number of ether oxygens (including phenoxy) is 11. The van der Waals surface area contributed by atoms with Crippen LogP contribution in [0.15, 0.2) is 0 Å². The molecule has 2 saturated heterocycles. The lowest BCUT2D eigenvalue weighted by atomic mass is 9.92. The van der Waals surface area contributed by atoms with Crippen molar-refractivity contribution in [1.82, 2.24) is 0 Å². The highest BCUT2D eigenvalue weighted by Crippen LogP contribution is 2.38. The molecule has 0 aromatic carbocycles. The molecule has 0 aromatic heterocycles. The predicted molar refractivity (Wildman–Crippen MR) is 145 cm³/mol. The van der Waals surface area contributed by atoms with E-state index in [-0.39, 0.29) is 0 Å². The topological polar surface area (TPSA) is 221 Å². The Morgan fingerprint density at radius 3 is 1.43 bits per heavy atom. The smallest absolute Gasteiger partial charge is 0.303 e. The van der Waals surface area contributed by atoms with Crippen LogP contribution in [-0.2, 0) is 85.7 Å². The highest BCUT2D eigenvalue weighted by molar-refractivity contribution is 5.69. The average Bonchev–Trinajstić information content (AvgIpc) is 2.91. The van der Waals surface area contributed by atoms with E-state index in [4.69, 9.17) is 52.1 Å². The van der Waals surface area contributed by atoms with Crippen molar-refractivity contribution in [3.05, 3.63) is 0 Å². The zero-order valence-electron chi connectivity index (χ0n) is 27.0. The van der Waals surface area contributed by atoms with Crippen LogP contribution >= 0.6 is 0 Å². The van der Waals surface area contributed by atoms with E-state index in [1.54, 1.807) is 0 Å². The van der Waals surface area contributed by atoms with Gasteiger partial charge in [-0.1, -0.05) is 0 Å². The third-order valence-corrected chi connectivity index (χ3v) is 6.50. The molecule has 0 aliphatic carbocycles. The molecule has 260 valence electrons. The summed E-state index contributed by atoms with van der Waals surface area (Å²) in [5.41, 5.74) is 0. The standard InChI is InChI=1S/C28H40O18/c1-12(29)37-10-20-22(40-14(3)31)24(42-16(5)33)26(44-18(7)35)28(8,46-20)38-11-19-21(39-13(2)30)23(41-15(4)32)25(43-17(6)34)27(36-9)45-19/h19-27H,10-11H2,1-9H3/t19-,20-,21-,22-,23+,24+,25-,26+,27+,28+/m1/s1. The van der Waals surface area contributed by atoms with Crippen LogP contribution in [0.5, 0.6) is 0 Å². The molecule has 0 bridgehead atoms. The van der Waals surface area contributed by atoms with Crippen molar-refractivity contribution in [2.75, 3.05) is 20.3 Å². The van der Waals surface area contributed by atoms with Gasteiger partial charge in [0.2, 0.25) is 5.79 Å². The van der Waals surface area contributed by atoms with E-state index in [2.05, 4.69) is 0 Å². The van der Waals surface area contributed by atoms with Crippen molar-refractivity contribution in [2.45, 2.75) is 116 Å². The molecule has 0 aromatic rings. The number of methoxy groups -OCH3 is 1. The van der Waals surface area contributed by atoms with E-state index in [0.29, 0.717) is 0 Å². The normalized spacial score (nSPS) is 32.2. The molecular weight excluding hydrogens is 624 g/mol. The minimum atomic E-state index is -2.07. The van der Waals surface area contributed by atoms with Crippen molar-refractivity contribution in [2.24, 2.45) is 0 Å². The molecule has 0 spiro atoms. The molecule has 0 N–H and O–H groups in total. The Morgan fingerprint density at radius 1 is 0.543 bits per heavy atom. The van der Waals surface area contributed by atoms with Crippen LogP contribution in [0.3, 0.4) is 0 Å². The Bertz CT molecular complexity index is 1150. The fourth-order valence-corrected chi connectivity index (χ4v) is 5.00. The van der Waals surface area contributed by atoms with Crippen LogP contribution in [-0.4, -0.2) is 123 Å². The largest absolute Gasteiger partial charge is 0.463 e. The van der Waals surface area contributed by atoms with E-state index >= 15 is 0 Å². The number of carbonyl (C=O) groups excluding carboxylic acids is 7. The molecular formula is C28H40O18. The zero-order valence-corrected chi connectivity index (χ0v) is 27.0.